The summed E-state index contributed by atoms with van der Waals surface area (Å²) in [6.45, 7) is 4.09. The fourth-order valence-electron chi connectivity index (χ4n) is 6.95. The largest absolute Gasteiger partial charge is 0.472 e. The zero-order valence-electron chi connectivity index (χ0n) is 37.2. The molecule has 0 aliphatic heterocycles. The fourth-order valence-corrected chi connectivity index (χ4v) is 7.92. The number of carbonyl (C=O) groups is 1. The maximum Gasteiger partial charge on any atom is 0.472 e. The average molecular weight is 873 g/mol. The van der Waals surface area contributed by atoms with Crippen molar-refractivity contribution in [2.24, 2.45) is 0 Å². The standard InChI is InChI=1S/C47H85O12P/c1-3-5-7-9-11-13-15-17-19-20-21-22-23-24-26-28-30-32-34-36-41(48)58-40(38-56-37-35-33-31-29-27-25-18-16-14-12-10-8-6-4-2)39-57-60(54,55)59-47-45(52)43(50)42(49)44(51)46(47)53/h6,8,12,14,17-19,25,40,42-47,49-53H,3-5,7,9-11,13,15-16,20-24,26-39H2,1-2H3,(H,54,55)/b8-6-,14-12-,19-17-,25-18-. The monoisotopic (exact) mass is 873 g/mol. The van der Waals surface area contributed by atoms with E-state index in [4.69, 9.17) is 18.5 Å². The van der Waals surface area contributed by atoms with Crippen molar-refractivity contribution in [1.29, 1.82) is 0 Å². The van der Waals surface area contributed by atoms with Gasteiger partial charge >= 0.3 is 13.8 Å². The number of hydrogen-bond donors (Lipinski definition) is 6. The molecule has 1 aliphatic rings. The first kappa shape index (κ1) is 56.3. The number of esters is 1. The third-order valence-corrected chi connectivity index (χ3v) is 11.7. The van der Waals surface area contributed by atoms with Gasteiger partial charge in [-0.25, -0.2) is 4.57 Å². The Morgan fingerprint density at radius 3 is 1.52 bits per heavy atom. The Balaban J connectivity index is 2.39. The maximum absolute atomic E-state index is 12.8. The van der Waals surface area contributed by atoms with Gasteiger partial charge in [-0.3, -0.25) is 13.8 Å². The summed E-state index contributed by atoms with van der Waals surface area (Å²) in [5, 5.41) is 50.2. The summed E-state index contributed by atoms with van der Waals surface area (Å²) in [6.07, 6.45) is 33.2. The van der Waals surface area contributed by atoms with Gasteiger partial charge in [0.05, 0.1) is 13.2 Å². The average Bonchev–Trinajstić information content (AvgIpc) is 3.23. The Morgan fingerprint density at radius 1 is 0.550 bits per heavy atom. The zero-order chi connectivity index (χ0) is 44.1. The van der Waals surface area contributed by atoms with Crippen LogP contribution in [0.4, 0.5) is 0 Å². The topological polar surface area (TPSA) is 192 Å². The Hall–Kier alpha value is -1.70. The molecule has 1 fully saturated rings. The second kappa shape index (κ2) is 37.8. The number of aliphatic hydroxyl groups excluding tert-OH is 5. The minimum Gasteiger partial charge on any atom is -0.457 e. The highest BCUT2D eigenvalue weighted by molar-refractivity contribution is 7.47. The van der Waals surface area contributed by atoms with Gasteiger partial charge in [0.1, 0.15) is 42.7 Å². The van der Waals surface area contributed by atoms with E-state index in [1.165, 1.54) is 83.5 Å². The number of allylic oxidation sites excluding steroid dienone is 8. The third kappa shape index (κ3) is 29.6. The first-order chi connectivity index (χ1) is 29.0. The molecule has 1 aliphatic carbocycles. The summed E-state index contributed by atoms with van der Waals surface area (Å²) < 4.78 is 34.2. The molecule has 6 N–H and O–H groups in total. The van der Waals surface area contributed by atoms with Crippen LogP contribution in [0.25, 0.3) is 0 Å². The van der Waals surface area contributed by atoms with E-state index in [1.54, 1.807) is 0 Å². The number of hydrogen-bond acceptors (Lipinski definition) is 11. The van der Waals surface area contributed by atoms with Crippen LogP contribution < -0.4 is 0 Å². The molecule has 0 bridgehead atoms. The van der Waals surface area contributed by atoms with Crippen LogP contribution in [0, 0.1) is 0 Å². The Morgan fingerprint density at radius 2 is 0.983 bits per heavy atom. The lowest BCUT2D eigenvalue weighted by Crippen LogP contribution is -2.64. The summed E-state index contributed by atoms with van der Waals surface area (Å²) in [4.78, 5) is 23.2. The van der Waals surface area contributed by atoms with Gasteiger partial charge in [-0.15, -0.1) is 0 Å². The van der Waals surface area contributed by atoms with E-state index in [9.17, 15) is 39.8 Å². The quantitative estimate of drug-likeness (QED) is 0.0149. The van der Waals surface area contributed by atoms with Gasteiger partial charge in [0.25, 0.3) is 0 Å². The molecule has 0 amide bonds. The number of phosphoric acid groups is 1. The Labute approximate surface area is 363 Å². The molecule has 1 saturated carbocycles. The van der Waals surface area contributed by atoms with Gasteiger partial charge < -0.3 is 39.9 Å². The lowest BCUT2D eigenvalue weighted by molar-refractivity contribution is -0.220. The van der Waals surface area contributed by atoms with Crippen LogP contribution in [-0.2, 0) is 27.9 Å². The van der Waals surface area contributed by atoms with Crippen molar-refractivity contribution in [3.63, 3.8) is 0 Å². The number of ether oxygens (including phenoxy) is 2. The highest BCUT2D eigenvalue weighted by Gasteiger charge is 2.51. The van der Waals surface area contributed by atoms with Crippen LogP contribution in [0.3, 0.4) is 0 Å². The molecule has 0 saturated heterocycles. The van der Waals surface area contributed by atoms with Crippen LogP contribution in [-0.4, -0.2) is 98.9 Å². The number of unbranched alkanes of at least 4 members (excludes halogenated alkanes) is 19. The molecular weight excluding hydrogens is 787 g/mol. The van der Waals surface area contributed by atoms with Crippen molar-refractivity contribution in [3.05, 3.63) is 48.6 Å². The highest BCUT2D eigenvalue weighted by atomic mass is 31.2. The zero-order valence-corrected chi connectivity index (χ0v) is 38.1. The van der Waals surface area contributed by atoms with Crippen molar-refractivity contribution in [2.45, 2.75) is 224 Å². The van der Waals surface area contributed by atoms with Gasteiger partial charge in [0.15, 0.2) is 0 Å². The van der Waals surface area contributed by atoms with E-state index in [2.05, 4.69) is 62.5 Å². The number of phosphoric ester groups is 1. The molecule has 0 aromatic rings. The van der Waals surface area contributed by atoms with E-state index >= 15 is 0 Å². The third-order valence-electron chi connectivity index (χ3n) is 10.7. The summed E-state index contributed by atoms with van der Waals surface area (Å²) in [5.74, 6) is -0.489. The smallest absolute Gasteiger partial charge is 0.457 e. The van der Waals surface area contributed by atoms with E-state index in [1.807, 2.05) is 0 Å². The van der Waals surface area contributed by atoms with E-state index < -0.39 is 63.1 Å². The molecule has 0 aromatic carbocycles. The number of carbonyl (C=O) groups excluding carboxylic acids is 1. The van der Waals surface area contributed by atoms with Crippen LogP contribution >= 0.6 is 7.82 Å². The first-order valence-electron chi connectivity index (χ1n) is 23.5. The lowest BCUT2D eigenvalue weighted by atomic mass is 9.85. The molecule has 0 aromatic heterocycles. The number of aliphatic hydroxyl groups is 5. The van der Waals surface area contributed by atoms with E-state index in [0.29, 0.717) is 13.0 Å². The summed E-state index contributed by atoms with van der Waals surface area (Å²) >= 11 is 0. The van der Waals surface area contributed by atoms with Crippen LogP contribution in [0.2, 0.25) is 0 Å². The summed E-state index contributed by atoms with van der Waals surface area (Å²) in [7, 11) is -5.03. The predicted octanol–water partition coefficient (Wildman–Crippen LogP) is 9.64. The Kier molecular flexibility index (Phi) is 35.5. The highest BCUT2D eigenvalue weighted by Crippen LogP contribution is 2.47. The van der Waals surface area contributed by atoms with Crippen LogP contribution in [0.1, 0.15) is 181 Å². The molecule has 0 spiro atoms. The predicted molar refractivity (Wildman–Crippen MR) is 239 cm³/mol. The maximum atomic E-state index is 12.8. The molecule has 350 valence electrons. The molecule has 6 unspecified atom stereocenters. The SMILES string of the molecule is CC/C=C\C/C=C\C/C=C\CCCCCCOCC(COP(=O)(O)OC1C(O)C(O)C(O)C(O)C1O)OC(=O)CCCCCCCCCCC/C=C\CCCCCCCC. The minimum atomic E-state index is -5.03. The van der Waals surface area contributed by atoms with Gasteiger partial charge in [-0.2, -0.15) is 0 Å². The normalized spacial score (nSPS) is 22.7. The van der Waals surface area contributed by atoms with Crippen molar-refractivity contribution in [3.8, 4) is 0 Å². The van der Waals surface area contributed by atoms with Crippen molar-refractivity contribution in [2.75, 3.05) is 19.8 Å². The molecule has 0 heterocycles. The lowest BCUT2D eigenvalue weighted by Gasteiger charge is -2.41. The Bertz CT molecular complexity index is 1180. The fraction of sp³-hybridized carbons (Fsp3) is 0.809. The van der Waals surface area contributed by atoms with Gasteiger partial charge in [-0.05, 0) is 70.6 Å². The first-order valence-corrected chi connectivity index (χ1v) is 25.0. The molecule has 12 nitrogen and oxygen atoms in total. The van der Waals surface area contributed by atoms with Crippen molar-refractivity contribution >= 4 is 13.8 Å². The summed E-state index contributed by atoms with van der Waals surface area (Å²) in [5.41, 5.74) is 0. The molecule has 13 heteroatoms. The van der Waals surface area contributed by atoms with E-state index in [-0.39, 0.29) is 13.0 Å². The van der Waals surface area contributed by atoms with Gasteiger partial charge in [-0.1, -0.05) is 152 Å². The van der Waals surface area contributed by atoms with E-state index in [0.717, 1.165) is 70.6 Å². The van der Waals surface area contributed by atoms with Crippen molar-refractivity contribution < 1.29 is 58.3 Å². The molecular formula is C47H85O12P. The second-order valence-electron chi connectivity index (χ2n) is 16.2. The van der Waals surface area contributed by atoms with Gasteiger partial charge in [0, 0.05) is 13.0 Å². The molecule has 1 rings (SSSR count). The second-order valence-corrected chi connectivity index (χ2v) is 17.6. The molecule has 6 atom stereocenters. The number of rotatable bonds is 39. The molecule has 60 heavy (non-hydrogen) atoms. The van der Waals surface area contributed by atoms with Crippen LogP contribution in [0.15, 0.2) is 48.6 Å². The minimum absolute atomic E-state index is 0.0932. The van der Waals surface area contributed by atoms with Crippen LogP contribution in [0.5, 0.6) is 0 Å². The molecule has 0 radical (unpaired) electrons. The van der Waals surface area contributed by atoms with Gasteiger partial charge in [0.2, 0.25) is 0 Å². The summed E-state index contributed by atoms with van der Waals surface area (Å²) in [6, 6.07) is 0. The van der Waals surface area contributed by atoms with Crippen molar-refractivity contribution in [1.82, 2.24) is 0 Å².